The molecule has 2 aromatic rings. The van der Waals surface area contributed by atoms with E-state index in [-0.39, 0.29) is 23.5 Å². The number of hydrogen-bond donors (Lipinski definition) is 1. The van der Waals surface area contributed by atoms with Crippen LogP contribution in [0.15, 0.2) is 48.5 Å². The molecule has 35 heavy (non-hydrogen) atoms. The first-order valence-electron chi connectivity index (χ1n) is 13.2. The first-order valence-corrected chi connectivity index (χ1v) is 13.2. The molecular weight excluding hydrogens is 436 g/mol. The maximum Gasteiger partial charge on any atom is 0.246 e. The number of benzene rings is 2. The van der Waals surface area contributed by atoms with E-state index < -0.39 is 0 Å². The van der Waals surface area contributed by atoms with Crippen molar-refractivity contribution in [2.75, 3.05) is 20.1 Å². The number of ether oxygens (including phenoxy) is 1. The zero-order valence-electron chi connectivity index (χ0n) is 21.0. The van der Waals surface area contributed by atoms with Gasteiger partial charge in [0.15, 0.2) is 0 Å². The summed E-state index contributed by atoms with van der Waals surface area (Å²) in [7, 11) is 2.23. The number of carbonyl (C=O) groups excluding carboxylic acids is 1. The Kier molecular flexibility index (Phi) is 5.44. The minimum atomic E-state index is -0.125. The number of aromatic hydroxyl groups is 1. The molecule has 2 aromatic carbocycles. The fraction of sp³-hybridized carbons (Fsp3) is 0.500. The molecule has 184 valence electrons. The highest BCUT2D eigenvalue weighted by Crippen LogP contribution is 2.63. The summed E-state index contributed by atoms with van der Waals surface area (Å²) < 4.78 is 6.81. The number of amides is 1. The number of phenolic OH excluding ortho intramolecular Hbond substituents is 1. The normalized spacial score (nSPS) is 30.9. The van der Waals surface area contributed by atoms with Crippen LogP contribution in [-0.4, -0.2) is 59.1 Å². The van der Waals surface area contributed by atoms with Gasteiger partial charge in [-0.2, -0.15) is 0 Å². The molecule has 2 aliphatic carbocycles. The Labute approximate surface area is 208 Å². The zero-order valence-corrected chi connectivity index (χ0v) is 21.0. The van der Waals surface area contributed by atoms with E-state index in [0.29, 0.717) is 30.2 Å². The molecule has 0 radical (unpaired) electrons. The Morgan fingerprint density at radius 2 is 2.03 bits per heavy atom. The van der Waals surface area contributed by atoms with Gasteiger partial charge in [-0.1, -0.05) is 44.2 Å². The van der Waals surface area contributed by atoms with Crippen molar-refractivity contribution in [2.24, 2.45) is 11.8 Å². The molecule has 1 saturated carbocycles. The Balaban J connectivity index is 1.40. The first kappa shape index (κ1) is 22.7. The van der Waals surface area contributed by atoms with Gasteiger partial charge in [-0.25, -0.2) is 0 Å². The van der Waals surface area contributed by atoms with Crippen molar-refractivity contribution in [3.8, 4) is 11.5 Å². The quantitative estimate of drug-likeness (QED) is 0.645. The molecule has 1 amide bonds. The van der Waals surface area contributed by atoms with Gasteiger partial charge in [0, 0.05) is 35.2 Å². The van der Waals surface area contributed by atoms with Crippen LogP contribution in [0.25, 0.3) is 6.08 Å². The van der Waals surface area contributed by atoms with Gasteiger partial charge < -0.3 is 19.6 Å². The van der Waals surface area contributed by atoms with Crippen molar-refractivity contribution >= 4 is 12.0 Å². The van der Waals surface area contributed by atoms with E-state index in [2.05, 4.69) is 30.7 Å². The Morgan fingerprint density at radius 3 is 2.80 bits per heavy atom. The number of phenols is 1. The number of likely N-dealkylation sites (tertiary alicyclic amines) is 1. The van der Waals surface area contributed by atoms with E-state index in [9.17, 15) is 9.90 Å². The van der Waals surface area contributed by atoms with E-state index in [0.717, 1.165) is 49.1 Å². The second kappa shape index (κ2) is 8.41. The number of piperidine rings is 1. The molecule has 1 saturated heterocycles. The molecule has 0 aromatic heterocycles. The van der Waals surface area contributed by atoms with Crippen molar-refractivity contribution < 1.29 is 14.6 Å². The third kappa shape index (κ3) is 3.42. The molecule has 2 bridgehead atoms. The van der Waals surface area contributed by atoms with Gasteiger partial charge in [-0.05, 0) is 74.9 Å². The van der Waals surface area contributed by atoms with Gasteiger partial charge in [0.1, 0.15) is 17.6 Å². The SMILES string of the molecule is CC(C)CN(C(=O)C=Cc1ccccc1)[C@H]1CC[C@H]2[C@H]3Cc4c(O)ccc5c4[C@@]2(CCN3C)[C@H]1O5. The molecule has 2 aliphatic heterocycles. The van der Waals surface area contributed by atoms with Crippen molar-refractivity contribution in [1.29, 1.82) is 0 Å². The summed E-state index contributed by atoms with van der Waals surface area (Å²) >= 11 is 0. The molecule has 1 N–H and O–H groups in total. The maximum atomic E-state index is 13.7. The van der Waals surface area contributed by atoms with Gasteiger partial charge in [0.2, 0.25) is 5.91 Å². The lowest BCUT2D eigenvalue weighted by Crippen LogP contribution is -2.68. The number of rotatable bonds is 5. The Hall–Kier alpha value is -2.79. The Morgan fingerprint density at radius 1 is 1.23 bits per heavy atom. The topological polar surface area (TPSA) is 53.0 Å². The molecule has 0 unspecified atom stereocenters. The summed E-state index contributed by atoms with van der Waals surface area (Å²) in [5.41, 5.74) is 3.23. The van der Waals surface area contributed by atoms with E-state index >= 15 is 0 Å². The van der Waals surface area contributed by atoms with Gasteiger partial charge in [-0.3, -0.25) is 4.79 Å². The number of nitrogens with zero attached hydrogens (tertiary/aromatic N) is 2. The van der Waals surface area contributed by atoms with E-state index in [1.54, 1.807) is 12.1 Å². The van der Waals surface area contributed by atoms with E-state index in [4.69, 9.17) is 4.74 Å². The van der Waals surface area contributed by atoms with Crippen LogP contribution < -0.4 is 4.74 Å². The van der Waals surface area contributed by atoms with Crippen LogP contribution in [0.1, 0.15) is 49.8 Å². The summed E-state index contributed by atoms with van der Waals surface area (Å²) in [6.45, 7) is 6.09. The summed E-state index contributed by atoms with van der Waals surface area (Å²) in [6.07, 6.45) is 7.52. The van der Waals surface area contributed by atoms with Crippen LogP contribution in [0.4, 0.5) is 0 Å². The van der Waals surface area contributed by atoms with Crippen LogP contribution in [0.5, 0.6) is 11.5 Å². The fourth-order valence-corrected chi connectivity index (χ4v) is 7.65. The zero-order chi connectivity index (χ0) is 24.3. The average molecular weight is 473 g/mol. The second-order valence-corrected chi connectivity index (χ2v) is 11.4. The lowest BCUT2D eigenvalue weighted by molar-refractivity contribution is -0.138. The van der Waals surface area contributed by atoms with E-state index in [1.807, 2.05) is 42.5 Å². The average Bonchev–Trinajstić information content (AvgIpc) is 3.19. The highest BCUT2D eigenvalue weighted by molar-refractivity contribution is 5.92. The van der Waals surface area contributed by atoms with Crippen molar-refractivity contribution in [3.63, 3.8) is 0 Å². The molecular formula is C30H36N2O3. The molecule has 2 fully saturated rings. The highest BCUT2D eigenvalue weighted by Gasteiger charge is 2.66. The van der Waals surface area contributed by atoms with Crippen molar-refractivity contribution in [2.45, 2.75) is 63.1 Å². The first-order chi connectivity index (χ1) is 16.9. The van der Waals surface area contributed by atoms with Crippen LogP contribution in [-0.2, 0) is 16.6 Å². The van der Waals surface area contributed by atoms with Crippen LogP contribution >= 0.6 is 0 Å². The predicted octanol–water partition coefficient (Wildman–Crippen LogP) is 4.63. The maximum absolute atomic E-state index is 13.7. The fourth-order valence-electron chi connectivity index (χ4n) is 7.65. The standard InChI is InChI=1S/C30H36N2O3/c1-19(2)18-32(27(34)14-9-20-7-5-4-6-8-20)23-11-10-22-24-17-21-25(33)12-13-26-28(21)30(22,29(23)35-26)15-16-31(24)3/h4-9,12-14,19,22-24,29,33H,10-11,15-18H2,1-3H3/t22-,23-,24+,29-,30-/m0/s1. The molecule has 4 aliphatic rings. The largest absolute Gasteiger partial charge is 0.508 e. The summed E-state index contributed by atoms with van der Waals surface area (Å²) in [6, 6.07) is 14.2. The molecule has 5 nitrogen and oxygen atoms in total. The number of carbonyl (C=O) groups is 1. The van der Waals surface area contributed by atoms with Gasteiger partial charge >= 0.3 is 0 Å². The molecule has 6 rings (SSSR count). The summed E-state index contributed by atoms with van der Waals surface area (Å²) in [5.74, 6) is 2.24. The van der Waals surface area contributed by atoms with Crippen molar-refractivity contribution in [1.82, 2.24) is 9.80 Å². The van der Waals surface area contributed by atoms with Crippen LogP contribution in [0, 0.1) is 11.8 Å². The van der Waals surface area contributed by atoms with Crippen LogP contribution in [0.2, 0.25) is 0 Å². The van der Waals surface area contributed by atoms with Gasteiger partial charge in [0.25, 0.3) is 0 Å². The predicted molar refractivity (Wildman–Crippen MR) is 137 cm³/mol. The molecule has 5 heteroatoms. The molecule has 5 atom stereocenters. The third-order valence-corrected chi connectivity index (χ3v) is 9.05. The summed E-state index contributed by atoms with van der Waals surface area (Å²) in [4.78, 5) is 18.3. The third-order valence-electron chi connectivity index (χ3n) is 9.05. The second-order valence-electron chi connectivity index (χ2n) is 11.4. The number of likely N-dealkylation sites (N-methyl/N-ethyl adjacent to an activating group) is 1. The summed E-state index contributed by atoms with van der Waals surface area (Å²) in [5, 5.41) is 10.8. The minimum Gasteiger partial charge on any atom is -0.508 e. The molecule has 1 spiro atoms. The Bertz CT molecular complexity index is 1160. The van der Waals surface area contributed by atoms with Crippen LogP contribution in [0.3, 0.4) is 0 Å². The smallest absolute Gasteiger partial charge is 0.246 e. The van der Waals surface area contributed by atoms with E-state index in [1.165, 1.54) is 5.56 Å². The van der Waals surface area contributed by atoms with Gasteiger partial charge in [-0.15, -0.1) is 0 Å². The monoisotopic (exact) mass is 472 g/mol. The lowest BCUT2D eigenvalue weighted by atomic mass is 9.51. The molecule has 2 heterocycles. The van der Waals surface area contributed by atoms with Crippen molar-refractivity contribution in [3.05, 3.63) is 65.2 Å². The number of hydrogen-bond acceptors (Lipinski definition) is 4. The minimum absolute atomic E-state index is 0.0196. The lowest BCUT2D eigenvalue weighted by Gasteiger charge is -2.60. The highest BCUT2D eigenvalue weighted by atomic mass is 16.5. The van der Waals surface area contributed by atoms with Gasteiger partial charge in [0.05, 0.1) is 6.04 Å².